The quantitative estimate of drug-likeness (QED) is 0.854. The van der Waals surface area contributed by atoms with E-state index in [1.807, 2.05) is 61.5 Å². The third-order valence-electron chi connectivity index (χ3n) is 4.03. The van der Waals surface area contributed by atoms with Gasteiger partial charge in [0.1, 0.15) is 12.6 Å². The smallest absolute Gasteiger partial charge is 0.254 e. The molecule has 1 heterocycles. The highest BCUT2D eigenvalue weighted by molar-refractivity contribution is 6.06. The summed E-state index contributed by atoms with van der Waals surface area (Å²) in [6, 6.07) is 16.5. The summed E-state index contributed by atoms with van der Waals surface area (Å²) in [6.07, 6.45) is 0. The summed E-state index contributed by atoms with van der Waals surface area (Å²) in [5.41, 5.74) is 2.72. The monoisotopic (exact) mass is 294 g/mol. The molecule has 0 saturated carbocycles. The lowest BCUT2D eigenvalue weighted by Crippen LogP contribution is -2.54. The second-order valence-corrected chi connectivity index (χ2v) is 5.58. The Morgan fingerprint density at radius 1 is 0.955 bits per heavy atom. The number of carbonyl (C=O) groups excluding carboxylic acids is 2. The number of hydrogen-bond donors (Lipinski definition) is 0. The molecule has 1 aliphatic rings. The van der Waals surface area contributed by atoms with Crippen LogP contribution in [0.4, 0.5) is 5.69 Å². The van der Waals surface area contributed by atoms with Crippen molar-refractivity contribution >= 4 is 17.5 Å². The van der Waals surface area contributed by atoms with Crippen LogP contribution in [-0.2, 0) is 9.59 Å². The minimum atomic E-state index is -0.566. The molecule has 0 aromatic heterocycles. The van der Waals surface area contributed by atoms with Crippen LogP contribution in [0.3, 0.4) is 0 Å². The maximum absolute atomic E-state index is 12.9. The van der Waals surface area contributed by atoms with Crippen molar-refractivity contribution in [3.8, 4) is 0 Å². The van der Waals surface area contributed by atoms with Gasteiger partial charge in [0.2, 0.25) is 5.91 Å². The van der Waals surface area contributed by atoms with Crippen LogP contribution < -0.4 is 4.90 Å². The Balaban J connectivity index is 1.99. The fraction of sp³-hybridized carbons (Fsp3) is 0.222. The molecule has 22 heavy (non-hydrogen) atoms. The van der Waals surface area contributed by atoms with Gasteiger partial charge in [0.15, 0.2) is 0 Å². The number of benzene rings is 2. The van der Waals surface area contributed by atoms with Crippen LogP contribution in [0.1, 0.15) is 17.2 Å². The van der Waals surface area contributed by atoms with E-state index in [1.54, 1.807) is 11.9 Å². The van der Waals surface area contributed by atoms with Crippen molar-refractivity contribution in [1.82, 2.24) is 4.90 Å². The zero-order chi connectivity index (χ0) is 15.7. The number of nitrogens with zero attached hydrogens (tertiary/aromatic N) is 2. The molecule has 1 fully saturated rings. The molecule has 1 saturated heterocycles. The zero-order valence-electron chi connectivity index (χ0n) is 12.7. The second kappa shape index (κ2) is 5.64. The van der Waals surface area contributed by atoms with Gasteiger partial charge in [-0.15, -0.1) is 0 Å². The van der Waals surface area contributed by atoms with Gasteiger partial charge in [0.05, 0.1) is 0 Å². The first kappa shape index (κ1) is 14.3. The third kappa shape index (κ3) is 2.48. The summed E-state index contributed by atoms with van der Waals surface area (Å²) in [5.74, 6) is -0.133. The van der Waals surface area contributed by atoms with Gasteiger partial charge < -0.3 is 9.80 Å². The van der Waals surface area contributed by atoms with E-state index < -0.39 is 6.04 Å². The predicted molar refractivity (Wildman–Crippen MR) is 85.5 cm³/mol. The molecule has 2 aromatic carbocycles. The maximum Gasteiger partial charge on any atom is 0.254 e. The van der Waals surface area contributed by atoms with E-state index in [-0.39, 0.29) is 18.4 Å². The highest BCUT2D eigenvalue weighted by atomic mass is 16.2. The first-order valence-corrected chi connectivity index (χ1v) is 7.26. The molecule has 0 N–H and O–H groups in total. The number of piperazine rings is 1. The molecule has 2 aromatic rings. The summed E-state index contributed by atoms with van der Waals surface area (Å²) in [4.78, 5) is 28.3. The molecule has 4 heteroatoms. The number of rotatable bonds is 2. The number of carbonyl (C=O) groups is 2. The van der Waals surface area contributed by atoms with Crippen molar-refractivity contribution in [3.63, 3.8) is 0 Å². The van der Waals surface area contributed by atoms with Crippen LogP contribution in [0.15, 0.2) is 54.6 Å². The van der Waals surface area contributed by atoms with Gasteiger partial charge >= 0.3 is 0 Å². The van der Waals surface area contributed by atoms with Crippen LogP contribution >= 0.6 is 0 Å². The van der Waals surface area contributed by atoms with E-state index in [0.717, 1.165) is 16.8 Å². The summed E-state index contributed by atoms with van der Waals surface area (Å²) in [6.45, 7) is 2.08. The molecular weight excluding hydrogens is 276 g/mol. The number of hydrogen-bond acceptors (Lipinski definition) is 2. The van der Waals surface area contributed by atoms with Crippen LogP contribution in [0.2, 0.25) is 0 Å². The molecule has 112 valence electrons. The van der Waals surface area contributed by atoms with Crippen molar-refractivity contribution in [2.45, 2.75) is 13.0 Å². The molecular formula is C18H18N2O2. The minimum absolute atomic E-state index is 0.0611. The van der Waals surface area contributed by atoms with E-state index in [4.69, 9.17) is 0 Å². The summed E-state index contributed by atoms with van der Waals surface area (Å²) in [5, 5.41) is 0. The Labute approximate surface area is 130 Å². The van der Waals surface area contributed by atoms with Crippen molar-refractivity contribution in [3.05, 3.63) is 65.7 Å². The third-order valence-corrected chi connectivity index (χ3v) is 4.03. The first-order chi connectivity index (χ1) is 10.6. The highest BCUT2D eigenvalue weighted by Gasteiger charge is 2.38. The molecule has 0 radical (unpaired) electrons. The van der Waals surface area contributed by atoms with Gasteiger partial charge in [-0.3, -0.25) is 9.59 Å². The Kier molecular flexibility index (Phi) is 3.67. The SMILES string of the molecule is Cc1ccc(N2CC(=O)N(C)[C@H](c3ccccc3)C2=O)cc1. The molecule has 1 atom stereocenters. The summed E-state index contributed by atoms with van der Waals surface area (Å²) >= 11 is 0. The number of aryl methyl sites for hydroxylation is 1. The van der Waals surface area contributed by atoms with Gasteiger partial charge in [-0.2, -0.15) is 0 Å². The molecule has 0 spiro atoms. The molecule has 3 rings (SSSR count). The fourth-order valence-corrected chi connectivity index (χ4v) is 2.73. The lowest BCUT2D eigenvalue weighted by molar-refractivity contribution is -0.141. The van der Waals surface area contributed by atoms with Crippen molar-refractivity contribution in [2.75, 3.05) is 18.5 Å². The topological polar surface area (TPSA) is 40.6 Å². The number of likely N-dealkylation sites (N-methyl/N-ethyl adjacent to an activating group) is 1. The number of amides is 2. The lowest BCUT2D eigenvalue weighted by atomic mass is 10.0. The Morgan fingerprint density at radius 2 is 1.59 bits per heavy atom. The molecule has 1 aliphatic heterocycles. The standard InChI is InChI=1S/C18H18N2O2/c1-13-8-10-15(11-9-13)20-12-16(21)19(2)17(18(20)22)14-6-4-3-5-7-14/h3-11,17H,12H2,1-2H3/t17-/m1/s1. The van der Waals surface area contributed by atoms with Crippen LogP contribution in [-0.4, -0.2) is 30.3 Å². The van der Waals surface area contributed by atoms with Crippen LogP contribution in [0.5, 0.6) is 0 Å². The fourth-order valence-electron chi connectivity index (χ4n) is 2.73. The summed E-state index contributed by atoms with van der Waals surface area (Å²) < 4.78 is 0. The van der Waals surface area contributed by atoms with Gasteiger partial charge in [0.25, 0.3) is 5.91 Å². The molecule has 0 aliphatic carbocycles. The Bertz CT molecular complexity index is 695. The maximum atomic E-state index is 12.9. The molecule has 0 bridgehead atoms. The van der Waals surface area contributed by atoms with E-state index in [0.29, 0.717) is 0 Å². The highest BCUT2D eigenvalue weighted by Crippen LogP contribution is 2.29. The molecule has 2 amide bonds. The van der Waals surface area contributed by atoms with Crippen molar-refractivity contribution in [2.24, 2.45) is 0 Å². The van der Waals surface area contributed by atoms with Crippen molar-refractivity contribution in [1.29, 1.82) is 0 Å². The van der Waals surface area contributed by atoms with E-state index >= 15 is 0 Å². The summed E-state index contributed by atoms with van der Waals surface area (Å²) in [7, 11) is 1.68. The molecule has 4 nitrogen and oxygen atoms in total. The van der Waals surface area contributed by atoms with Crippen LogP contribution in [0, 0.1) is 6.92 Å². The first-order valence-electron chi connectivity index (χ1n) is 7.26. The van der Waals surface area contributed by atoms with E-state index in [2.05, 4.69) is 0 Å². The lowest BCUT2D eigenvalue weighted by Gasteiger charge is -2.38. The van der Waals surface area contributed by atoms with Gasteiger partial charge in [-0.05, 0) is 24.6 Å². The zero-order valence-corrected chi connectivity index (χ0v) is 12.7. The average Bonchev–Trinajstić information content (AvgIpc) is 2.53. The number of anilines is 1. The van der Waals surface area contributed by atoms with Gasteiger partial charge in [-0.25, -0.2) is 0 Å². The molecule has 0 unspecified atom stereocenters. The van der Waals surface area contributed by atoms with Crippen molar-refractivity contribution < 1.29 is 9.59 Å². The Hall–Kier alpha value is -2.62. The predicted octanol–water partition coefficient (Wildman–Crippen LogP) is 2.54. The normalized spacial score (nSPS) is 18.7. The van der Waals surface area contributed by atoms with Gasteiger partial charge in [0, 0.05) is 12.7 Å². The minimum Gasteiger partial charge on any atom is -0.328 e. The van der Waals surface area contributed by atoms with E-state index in [1.165, 1.54) is 4.90 Å². The van der Waals surface area contributed by atoms with Gasteiger partial charge in [-0.1, -0.05) is 48.0 Å². The average molecular weight is 294 g/mol. The van der Waals surface area contributed by atoms with E-state index in [9.17, 15) is 9.59 Å². The van der Waals surface area contributed by atoms with Crippen LogP contribution in [0.25, 0.3) is 0 Å². The largest absolute Gasteiger partial charge is 0.328 e. The second-order valence-electron chi connectivity index (χ2n) is 5.58. The Morgan fingerprint density at radius 3 is 2.23 bits per heavy atom.